The molecule has 0 bridgehead atoms. The van der Waals surface area contributed by atoms with E-state index >= 15 is 0 Å². The molecule has 0 aliphatic heterocycles. The third kappa shape index (κ3) is 2.40. The van der Waals surface area contributed by atoms with Crippen LogP contribution in [0.1, 0.15) is 21.5 Å². The second kappa shape index (κ2) is 4.72. The Hall–Kier alpha value is -1.60. The van der Waals surface area contributed by atoms with Gasteiger partial charge in [0.25, 0.3) is 0 Å². The van der Waals surface area contributed by atoms with Gasteiger partial charge in [0.15, 0.2) is 0 Å². The van der Waals surface area contributed by atoms with Crippen molar-refractivity contribution in [2.75, 3.05) is 0 Å². The molecule has 0 unspecified atom stereocenters. The molecule has 0 N–H and O–H groups in total. The monoisotopic (exact) mass is 244 g/mol. The molecule has 0 aliphatic rings. The van der Waals surface area contributed by atoms with Crippen LogP contribution in [0.25, 0.3) is 11.1 Å². The van der Waals surface area contributed by atoms with E-state index in [-0.39, 0.29) is 0 Å². The second-order valence-electron chi connectivity index (χ2n) is 4.16. The highest BCUT2D eigenvalue weighted by Gasteiger charge is 2.05. The van der Waals surface area contributed by atoms with Crippen LogP contribution in [0, 0.1) is 13.8 Å². The SMILES string of the molecule is Cc1ccc(-c2ccc(C=O)cc2Cl)cc1C. The van der Waals surface area contributed by atoms with Gasteiger partial charge < -0.3 is 0 Å². The summed E-state index contributed by atoms with van der Waals surface area (Å²) in [5.41, 5.74) is 5.13. The first kappa shape index (κ1) is 11.9. The molecule has 0 spiro atoms. The summed E-state index contributed by atoms with van der Waals surface area (Å²) in [6, 6.07) is 11.6. The van der Waals surface area contributed by atoms with E-state index in [1.807, 2.05) is 12.1 Å². The maximum Gasteiger partial charge on any atom is 0.150 e. The van der Waals surface area contributed by atoms with Crippen LogP contribution >= 0.6 is 11.6 Å². The number of rotatable bonds is 2. The lowest BCUT2D eigenvalue weighted by molar-refractivity contribution is 0.112. The second-order valence-corrected chi connectivity index (χ2v) is 4.56. The van der Waals surface area contributed by atoms with E-state index in [0.29, 0.717) is 10.6 Å². The maximum atomic E-state index is 10.6. The molecule has 0 fully saturated rings. The van der Waals surface area contributed by atoms with Crippen LogP contribution in [-0.2, 0) is 0 Å². The third-order valence-electron chi connectivity index (χ3n) is 2.95. The molecule has 0 aromatic heterocycles. The van der Waals surface area contributed by atoms with Crippen LogP contribution < -0.4 is 0 Å². The zero-order chi connectivity index (χ0) is 12.4. The van der Waals surface area contributed by atoms with Crippen LogP contribution in [0.4, 0.5) is 0 Å². The lowest BCUT2D eigenvalue weighted by Gasteiger charge is -2.08. The molecule has 86 valence electrons. The minimum absolute atomic E-state index is 0.600. The molecular formula is C15H13ClO. The summed E-state index contributed by atoms with van der Waals surface area (Å²) in [5, 5.41) is 0.609. The van der Waals surface area contributed by atoms with Gasteiger partial charge in [-0.25, -0.2) is 0 Å². The van der Waals surface area contributed by atoms with Crippen molar-refractivity contribution in [2.24, 2.45) is 0 Å². The van der Waals surface area contributed by atoms with Crippen LogP contribution in [0.2, 0.25) is 5.02 Å². The molecule has 0 heterocycles. The predicted octanol–water partition coefficient (Wildman–Crippen LogP) is 4.44. The van der Waals surface area contributed by atoms with Crippen molar-refractivity contribution in [2.45, 2.75) is 13.8 Å². The molecule has 0 radical (unpaired) electrons. The molecule has 0 saturated heterocycles. The van der Waals surface area contributed by atoms with E-state index in [4.69, 9.17) is 11.6 Å². The Morgan fingerprint density at radius 3 is 2.35 bits per heavy atom. The maximum absolute atomic E-state index is 10.6. The van der Waals surface area contributed by atoms with Gasteiger partial charge in [0.2, 0.25) is 0 Å². The summed E-state index contributed by atoms with van der Waals surface area (Å²) in [6.07, 6.45) is 0.802. The van der Waals surface area contributed by atoms with Crippen molar-refractivity contribution < 1.29 is 4.79 Å². The van der Waals surface area contributed by atoms with Gasteiger partial charge in [-0.05, 0) is 36.6 Å². The highest BCUT2D eigenvalue weighted by atomic mass is 35.5. The predicted molar refractivity (Wildman–Crippen MR) is 71.7 cm³/mol. The van der Waals surface area contributed by atoms with Crippen molar-refractivity contribution in [3.8, 4) is 11.1 Å². The highest BCUT2D eigenvalue weighted by molar-refractivity contribution is 6.33. The number of hydrogen-bond donors (Lipinski definition) is 0. The van der Waals surface area contributed by atoms with E-state index < -0.39 is 0 Å². The van der Waals surface area contributed by atoms with Crippen LogP contribution in [0.3, 0.4) is 0 Å². The fourth-order valence-electron chi connectivity index (χ4n) is 1.75. The molecule has 0 saturated carbocycles. The molecule has 2 rings (SSSR count). The van der Waals surface area contributed by atoms with Crippen molar-refractivity contribution in [1.29, 1.82) is 0 Å². The molecule has 1 nitrogen and oxygen atoms in total. The number of halogens is 1. The number of benzene rings is 2. The first-order valence-electron chi connectivity index (χ1n) is 5.44. The van der Waals surface area contributed by atoms with Crippen LogP contribution in [0.5, 0.6) is 0 Å². The summed E-state index contributed by atoms with van der Waals surface area (Å²) >= 11 is 6.18. The Labute approximate surface area is 106 Å². The first-order chi connectivity index (χ1) is 8.11. The molecule has 2 heteroatoms. The van der Waals surface area contributed by atoms with Crippen LogP contribution in [0.15, 0.2) is 36.4 Å². The fraction of sp³-hybridized carbons (Fsp3) is 0.133. The topological polar surface area (TPSA) is 17.1 Å². The Bertz CT molecular complexity index is 573. The Kier molecular flexibility index (Phi) is 3.30. The smallest absolute Gasteiger partial charge is 0.150 e. The number of aldehydes is 1. The normalized spacial score (nSPS) is 10.3. The van der Waals surface area contributed by atoms with E-state index in [1.54, 1.807) is 12.1 Å². The quantitative estimate of drug-likeness (QED) is 0.714. The zero-order valence-electron chi connectivity index (χ0n) is 9.83. The van der Waals surface area contributed by atoms with Crippen molar-refractivity contribution >= 4 is 17.9 Å². The van der Waals surface area contributed by atoms with Crippen molar-refractivity contribution in [3.63, 3.8) is 0 Å². The summed E-state index contributed by atoms with van der Waals surface area (Å²) in [5.74, 6) is 0. The molecule has 2 aromatic rings. The fourth-order valence-corrected chi connectivity index (χ4v) is 2.05. The number of hydrogen-bond acceptors (Lipinski definition) is 1. The van der Waals surface area contributed by atoms with E-state index in [0.717, 1.165) is 17.4 Å². The highest BCUT2D eigenvalue weighted by Crippen LogP contribution is 2.29. The van der Waals surface area contributed by atoms with Gasteiger partial charge in [-0.3, -0.25) is 4.79 Å². The summed E-state index contributed by atoms with van der Waals surface area (Å²) in [7, 11) is 0. The van der Waals surface area contributed by atoms with E-state index in [2.05, 4.69) is 26.0 Å². The van der Waals surface area contributed by atoms with Gasteiger partial charge in [-0.15, -0.1) is 0 Å². The minimum atomic E-state index is 0.600. The lowest BCUT2D eigenvalue weighted by atomic mass is 10.00. The molecule has 0 amide bonds. The molecule has 2 aromatic carbocycles. The third-order valence-corrected chi connectivity index (χ3v) is 3.26. The Morgan fingerprint density at radius 2 is 1.76 bits per heavy atom. The minimum Gasteiger partial charge on any atom is -0.298 e. The Morgan fingerprint density at radius 1 is 1.00 bits per heavy atom. The van der Waals surface area contributed by atoms with Gasteiger partial charge in [0, 0.05) is 16.1 Å². The van der Waals surface area contributed by atoms with Gasteiger partial charge in [0.1, 0.15) is 6.29 Å². The molecule has 17 heavy (non-hydrogen) atoms. The van der Waals surface area contributed by atoms with Crippen molar-refractivity contribution in [1.82, 2.24) is 0 Å². The first-order valence-corrected chi connectivity index (χ1v) is 5.82. The largest absolute Gasteiger partial charge is 0.298 e. The summed E-state index contributed by atoms with van der Waals surface area (Å²) in [4.78, 5) is 10.6. The average molecular weight is 245 g/mol. The Balaban J connectivity index is 2.52. The standard InChI is InChI=1S/C15H13ClO/c1-10-3-5-13(7-11(10)2)14-6-4-12(9-17)8-15(14)16/h3-9H,1-2H3. The van der Waals surface area contributed by atoms with E-state index in [1.165, 1.54) is 11.1 Å². The summed E-state index contributed by atoms with van der Waals surface area (Å²) in [6.45, 7) is 4.16. The van der Waals surface area contributed by atoms with Crippen molar-refractivity contribution in [3.05, 3.63) is 58.1 Å². The van der Waals surface area contributed by atoms with Gasteiger partial charge >= 0.3 is 0 Å². The summed E-state index contributed by atoms with van der Waals surface area (Å²) < 4.78 is 0. The van der Waals surface area contributed by atoms with Gasteiger partial charge in [-0.2, -0.15) is 0 Å². The van der Waals surface area contributed by atoms with E-state index in [9.17, 15) is 4.79 Å². The molecule has 0 atom stereocenters. The lowest BCUT2D eigenvalue weighted by Crippen LogP contribution is -1.86. The van der Waals surface area contributed by atoms with Gasteiger partial charge in [0.05, 0.1) is 0 Å². The zero-order valence-corrected chi connectivity index (χ0v) is 10.6. The number of carbonyl (C=O) groups excluding carboxylic acids is 1. The number of carbonyl (C=O) groups is 1. The van der Waals surface area contributed by atoms with Crippen LogP contribution in [-0.4, -0.2) is 6.29 Å². The molecule has 0 aliphatic carbocycles. The average Bonchev–Trinajstić information content (AvgIpc) is 2.32. The molecular weight excluding hydrogens is 232 g/mol. The number of aryl methyl sites for hydroxylation is 2. The van der Waals surface area contributed by atoms with Gasteiger partial charge in [-0.1, -0.05) is 41.9 Å².